The number of nitrogens with zero attached hydrogens (tertiary/aromatic N) is 2. The standard InChI is InChI=1S/C24H21N3O2/c1-17(27(2)24(29)21-12-6-8-18(14-21)16-25)20-11-7-13-22(15-20)26-23(28)19-9-4-3-5-10-19/h3-15,17H,1-2H3,(H,26,28)/t17-/m1/s1. The zero-order valence-corrected chi connectivity index (χ0v) is 16.3. The van der Waals surface area contributed by atoms with E-state index in [2.05, 4.69) is 11.4 Å². The molecular weight excluding hydrogens is 362 g/mol. The number of nitriles is 1. The average Bonchev–Trinajstić information content (AvgIpc) is 2.78. The summed E-state index contributed by atoms with van der Waals surface area (Å²) < 4.78 is 0. The molecule has 2 amide bonds. The summed E-state index contributed by atoms with van der Waals surface area (Å²) in [5.41, 5.74) is 3.05. The average molecular weight is 383 g/mol. The van der Waals surface area contributed by atoms with Crippen LogP contribution >= 0.6 is 0 Å². The number of carbonyl (C=O) groups excluding carboxylic acids is 2. The second-order valence-electron chi connectivity index (χ2n) is 6.73. The second kappa shape index (κ2) is 8.85. The third kappa shape index (κ3) is 4.69. The Kier molecular flexibility index (Phi) is 6.06. The Labute approximate surface area is 170 Å². The van der Waals surface area contributed by atoms with Crippen molar-refractivity contribution in [3.05, 3.63) is 101 Å². The highest BCUT2D eigenvalue weighted by Gasteiger charge is 2.19. The van der Waals surface area contributed by atoms with Gasteiger partial charge in [0.05, 0.1) is 17.7 Å². The molecule has 0 spiro atoms. The molecule has 3 rings (SSSR count). The van der Waals surface area contributed by atoms with E-state index in [1.54, 1.807) is 48.3 Å². The fourth-order valence-corrected chi connectivity index (χ4v) is 2.99. The lowest BCUT2D eigenvalue weighted by atomic mass is 10.0. The van der Waals surface area contributed by atoms with Crippen LogP contribution in [0.15, 0.2) is 78.9 Å². The molecule has 1 N–H and O–H groups in total. The normalized spacial score (nSPS) is 11.2. The molecule has 0 unspecified atom stereocenters. The molecule has 5 nitrogen and oxygen atoms in total. The lowest BCUT2D eigenvalue weighted by Gasteiger charge is -2.26. The van der Waals surface area contributed by atoms with Crippen LogP contribution in [0.25, 0.3) is 0 Å². The third-order valence-corrected chi connectivity index (χ3v) is 4.80. The first kappa shape index (κ1) is 19.8. The molecule has 1 atom stereocenters. The van der Waals surface area contributed by atoms with Crippen molar-refractivity contribution in [2.75, 3.05) is 12.4 Å². The highest BCUT2D eigenvalue weighted by Crippen LogP contribution is 2.24. The molecule has 29 heavy (non-hydrogen) atoms. The number of anilines is 1. The molecule has 0 fully saturated rings. The van der Waals surface area contributed by atoms with Crippen LogP contribution in [0.2, 0.25) is 0 Å². The Bertz CT molecular complexity index is 1070. The Morgan fingerprint density at radius 1 is 0.931 bits per heavy atom. The number of hydrogen-bond donors (Lipinski definition) is 1. The van der Waals surface area contributed by atoms with Crippen LogP contribution in [0.5, 0.6) is 0 Å². The summed E-state index contributed by atoms with van der Waals surface area (Å²) in [6, 6.07) is 24.9. The minimum absolute atomic E-state index is 0.173. The summed E-state index contributed by atoms with van der Waals surface area (Å²) in [6.07, 6.45) is 0. The summed E-state index contributed by atoms with van der Waals surface area (Å²) in [4.78, 5) is 26.8. The van der Waals surface area contributed by atoms with Crippen molar-refractivity contribution in [1.82, 2.24) is 4.90 Å². The van der Waals surface area contributed by atoms with Gasteiger partial charge in [-0.2, -0.15) is 5.26 Å². The smallest absolute Gasteiger partial charge is 0.255 e. The van der Waals surface area contributed by atoms with E-state index in [1.807, 2.05) is 49.4 Å². The summed E-state index contributed by atoms with van der Waals surface area (Å²) >= 11 is 0. The molecule has 144 valence electrons. The van der Waals surface area contributed by atoms with E-state index in [9.17, 15) is 9.59 Å². The Morgan fingerprint density at radius 2 is 1.62 bits per heavy atom. The molecular formula is C24H21N3O2. The van der Waals surface area contributed by atoms with Gasteiger partial charge < -0.3 is 10.2 Å². The van der Waals surface area contributed by atoms with Gasteiger partial charge in [0, 0.05) is 23.9 Å². The monoisotopic (exact) mass is 383 g/mol. The minimum Gasteiger partial charge on any atom is -0.335 e. The molecule has 0 heterocycles. The summed E-state index contributed by atoms with van der Waals surface area (Å²) in [6.45, 7) is 1.92. The van der Waals surface area contributed by atoms with Crippen molar-refractivity contribution >= 4 is 17.5 Å². The van der Waals surface area contributed by atoms with E-state index in [1.165, 1.54) is 0 Å². The topological polar surface area (TPSA) is 73.2 Å². The van der Waals surface area contributed by atoms with Crippen molar-refractivity contribution in [3.63, 3.8) is 0 Å². The van der Waals surface area contributed by atoms with Crippen molar-refractivity contribution in [1.29, 1.82) is 5.26 Å². The lowest BCUT2D eigenvalue weighted by Crippen LogP contribution is -2.29. The highest BCUT2D eigenvalue weighted by molar-refractivity contribution is 6.04. The molecule has 0 radical (unpaired) electrons. The molecule has 0 aromatic heterocycles. The van der Waals surface area contributed by atoms with Gasteiger partial charge in [0.1, 0.15) is 0 Å². The number of benzene rings is 3. The third-order valence-electron chi connectivity index (χ3n) is 4.80. The number of hydrogen-bond acceptors (Lipinski definition) is 3. The van der Waals surface area contributed by atoms with Gasteiger partial charge in [-0.05, 0) is 55.0 Å². The van der Waals surface area contributed by atoms with Gasteiger partial charge >= 0.3 is 0 Å². The van der Waals surface area contributed by atoms with Gasteiger partial charge in [-0.1, -0.05) is 36.4 Å². The largest absolute Gasteiger partial charge is 0.335 e. The maximum Gasteiger partial charge on any atom is 0.255 e. The minimum atomic E-state index is -0.221. The Balaban J connectivity index is 1.76. The molecule has 3 aromatic rings. The van der Waals surface area contributed by atoms with Gasteiger partial charge in [-0.3, -0.25) is 9.59 Å². The van der Waals surface area contributed by atoms with Gasteiger partial charge in [0.2, 0.25) is 0 Å². The Hall–Kier alpha value is -3.91. The predicted molar refractivity (Wildman–Crippen MR) is 113 cm³/mol. The van der Waals surface area contributed by atoms with E-state index in [0.717, 1.165) is 5.56 Å². The van der Waals surface area contributed by atoms with Crippen LogP contribution in [0.4, 0.5) is 5.69 Å². The highest BCUT2D eigenvalue weighted by atomic mass is 16.2. The van der Waals surface area contributed by atoms with E-state index in [4.69, 9.17) is 5.26 Å². The molecule has 0 aliphatic rings. The van der Waals surface area contributed by atoms with E-state index in [-0.39, 0.29) is 17.9 Å². The number of nitrogens with one attached hydrogen (secondary N) is 1. The van der Waals surface area contributed by atoms with Gasteiger partial charge in [0.25, 0.3) is 11.8 Å². The van der Waals surface area contributed by atoms with Crippen molar-refractivity contribution in [3.8, 4) is 6.07 Å². The van der Waals surface area contributed by atoms with Gasteiger partial charge in [-0.25, -0.2) is 0 Å². The molecule has 0 bridgehead atoms. The molecule has 0 saturated heterocycles. The number of amides is 2. The lowest BCUT2D eigenvalue weighted by molar-refractivity contribution is 0.0742. The van der Waals surface area contributed by atoms with Crippen molar-refractivity contribution in [2.45, 2.75) is 13.0 Å². The Morgan fingerprint density at radius 3 is 2.34 bits per heavy atom. The van der Waals surface area contributed by atoms with Crippen LogP contribution in [-0.4, -0.2) is 23.8 Å². The fraction of sp³-hybridized carbons (Fsp3) is 0.125. The number of carbonyl (C=O) groups is 2. The van der Waals surface area contributed by atoms with Gasteiger partial charge in [-0.15, -0.1) is 0 Å². The van der Waals surface area contributed by atoms with Crippen LogP contribution < -0.4 is 5.32 Å². The van der Waals surface area contributed by atoms with Crippen LogP contribution in [0.3, 0.4) is 0 Å². The zero-order chi connectivity index (χ0) is 20.8. The molecule has 0 aliphatic carbocycles. The fourth-order valence-electron chi connectivity index (χ4n) is 2.99. The van der Waals surface area contributed by atoms with E-state index < -0.39 is 0 Å². The zero-order valence-electron chi connectivity index (χ0n) is 16.3. The molecule has 0 saturated carbocycles. The SMILES string of the molecule is C[C@H](c1cccc(NC(=O)c2ccccc2)c1)N(C)C(=O)c1cccc(C#N)c1. The number of rotatable bonds is 5. The first-order valence-corrected chi connectivity index (χ1v) is 9.23. The van der Waals surface area contributed by atoms with Crippen LogP contribution in [0, 0.1) is 11.3 Å². The molecule has 5 heteroatoms. The van der Waals surface area contributed by atoms with E-state index in [0.29, 0.717) is 22.4 Å². The molecule has 0 aliphatic heterocycles. The predicted octanol–water partition coefficient (Wildman–Crippen LogP) is 4.64. The summed E-state index contributed by atoms with van der Waals surface area (Å²) in [5.74, 6) is -0.360. The summed E-state index contributed by atoms with van der Waals surface area (Å²) in [7, 11) is 1.72. The van der Waals surface area contributed by atoms with Crippen molar-refractivity contribution in [2.24, 2.45) is 0 Å². The second-order valence-corrected chi connectivity index (χ2v) is 6.73. The molecule has 3 aromatic carbocycles. The van der Waals surface area contributed by atoms with Crippen LogP contribution in [-0.2, 0) is 0 Å². The first-order valence-electron chi connectivity index (χ1n) is 9.23. The summed E-state index contributed by atoms with van der Waals surface area (Å²) in [5, 5.41) is 11.9. The first-order chi connectivity index (χ1) is 14.0. The quantitative estimate of drug-likeness (QED) is 0.697. The van der Waals surface area contributed by atoms with Crippen molar-refractivity contribution < 1.29 is 9.59 Å². The van der Waals surface area contributed by atoms with Crippen LogP contribution in [0.1, 0.15) is 44.8 Å². The van der Waals surface area contributed by atoms with Gasteiger partial charge in [0.15, 0.2) is 0 Å². The maximum atomic E-state index is 12.8. The maximum absolute atomic E-state index is 12.8. The van der Waals surface area contributed by atoms with E-state index >= 15 is 0 Å².